The fraction of sp³-hybridized carbons (Fsp3) is 0. The zero-order valence-electron chi connectivity index (χ0n) is 58.7. The van der Waals surface area contributed by atoms with E-state index in [1.54, 1.807) is 0 Å². The predicted molar refractivity (Wildman–Crippen MR) is 460 cm³/mol. The average Bonchev–Trinajstić information content (AvgIpc) is 1.01. The molecule has 0 amide bonds. The van der Waals surface area contributed by atoms with E-state index in [1.165, 1.54) is 141 Å². The quantitative estimate of drug-likeness (QED) is 0.142. The second kappa shape index (κ2) is 24.7. The highest BCUT2D eigenvalue weighted by Gasteiger charge is 2.24. The molecule has 502 valence electrons. The monoisotopic (exact) mass is 1370 g/mol. The van der Waals surface area contributed by atoms with Crippen LogP contribution in [0, 0.1) is 0 Å². The van der Waals surface area contributed by atoms with E-state index >= 15 is 0 Å². The number of fused-ring (bicyclic) bond motifs is 24. The number of furan rings is 2. The van der Waals surface area contributed by atoms with Crippen LogP contribution < -0.4 is 9.80 Å². The topological polar surface area (TPSA) is 32.8 Å². The number of anilines is 6. The number of rotatable bonds is 8. The van der Waals surface area contributed by atoms with Gasteiger partial charge in [-0.05, 0) is 193 Å². The van der Waals surface area contributed by atoms with Crippen LogP contribution in [0.2, 0.25) is 0 Å². The lowest BCUT2D eigenvalue weighted by atomic mass is 9.95. The van der Waals surface area contributed by atoms with Gasteiger partial charge in [-0.1, -0.05) is 303 Å². The van der Waals surface area contributed by atoms with Gasteiger partial charge in [0.15, 0.2) is 0 Å². The normalized spacial score (nSPS) is 11.9. The Morgan fingerprint density at radius 1 is 0.157 bits per heavy atom. The second-order valence-electron chi connectivity index (χ2n) is 28.5. The van der Waals surface area contributed by atoms with Crippen LogP contribution in [0.4, 0.5) is 34.1 Å². The Balaban J connectivity index is 0.000000134. The van der Waals surface area contributed by atoms with E-state index in [1.807, 2.05) is 12.1 Å². The molecule has 0 aliphatic carbocycles. The Kier molecular flexibility index (Phi) is 14.0. The van der Waals surface area contributed by atoms with Gasteiger partial charge >= 0.3 is 0 Å². The molecule has 4 nitrogen and oxygen atoms in total. The van der Waals surface area contributed by atoms with Crippen molar-refractivity contribution in [1.29, 1.82) is 0 Å². The van der Waals surface area contributed by atoms with Crippen molar-refractivity contribution in [3.05, 3.63) is 388 Å². The lowest BCUT2D eigenvalue weighted by molar-refractivity contribution is 0.672. The van der Waals surface area contributed by atoms with Gasteiger partial charge in [-0.3, -0.25) is 0 Å². The molecule has 0 spiro atoms. The third-order valence-electron chi connectivity index (χ3n) is 22.6. The van der Waals surface area contributed by atoms with Crippen molar-refractivity contribution in [2.24, 2.45) is 0 Å². The van der Waals surface area contributed by atoms with Crippen molar-refractivity contribution in [2.75, 3.05) is 9.80 Å². The lowest BCUT2D eigenvalue weighted by Gasteiger charge is -2.29. The molecule has 0 saturated heterocycles. The van der Waals surface area contributed by atoms with Crippen molar-refractivity contribution >= 4 is 196 Å². The molecule has 108 heavy (non-hydrogen) atoms. The van der Waals surface area contributed by atoms with E-state index in [9.17, 15) is 0 Å². The van der Waals surface area contributed by atoms with Crippen LogP contribution in [0.3, 0.4) is 0 Å². The fourth-order valence-electron chi connectivity index (χ4n) is 17.5. The van der Waals surface area contributed by atoms with Crippen LogP contribution in [0.25, 0.3) is 185 Å². The van der Waals surface area contributed by atoms with Gasteiger partial charge in [0.05, 0.1) is 22.7 Å². The summed E-state index contributed by atoms with van der Waals surface area (Å²) in [5.41, 5.74) is 15.3. The predicted octanol–water partition coefficient (Wildman–Crippen LogP) is 30.1. The van der Waals surface area contributed by atoms with Gasteiger partial charge in [0.1, 0.15) is 22.3 Å². The summed E-state index contributed by atoms with van der Waals surface area (Å²) in [6, 6.07) is 141. The molecule has 21 aromatic carbocycles. The molecular formula is C104H64N2O2. The van der Waals surface area contributed by atoms with Crippen molar-refractivity contribution in [1.82, 2.24) is 0 Å². The van der Waals surface area contributed by atoms with Crippen LogP contribution in [-0.4, -0.2) is 0 Å². The van der Waals surface area contributed by atoms with Gasteiger partial charge in [0, 0.05) is 65.2 Å². The van der Waals surface area contributed by atoms with Crippen molar-refractivity contribution in [3.63, 3.8) is 0 Å². The van der Waals surface area contributed by atoms with Crippen molar-refractivity contribution in [3.8, 4) is 22.3 Å². The van der Waals surface area contributed by atoms with E-state index in [0.717, 1.165) is 78.0 Å². The Hall–Kier alpha value is -14.3. The Morgan fingerprint density at radius 2 is 0.454 bits per heavy atom. The number of nitrogens with zero attached hydrogens (tertiary/aromatic N) is 2. The molecule has 0 fully saturated rings. The van der Waals surface area contributed by atoms with E-state index in [0.29, 0.717) is 0 Å². The highest BCUT2D eigenvalue weighted by Crippen LogP contribution is 2.50. The summed E-state index contributed by atoms with van der Waals surface area (Å²) in [6.45, 7) is 0. The standard InChI is InChI=1S/C54H33NO.C50H31NO/c1-3-13-41-37(11-1)32-50(46-17-7-5-15-44(41)46)55(51-33-38-12-2-4-14-42(38)45-16-6-8-18-47(45)51)40-27-23-34(24-28-40)36-26-29-43-39(31-36)22-21-35-25-30-49-48-19-9-10-20-52(48)56-54(49)53(35)43;1-4-14-40-33(10-1)12-9-18-46(40)51(47-31-36-11-2-3-13-39(36)42-15-5-6-16-43(42)47)38-26-22-32(23-27-38)35-25-28-41-37(30-35)21-20-34-24-29-45-44-17-7-8-19-48(44)52-50(45)49(34)41/h1-33H;1-31H. The highest BCUT2D eigenvalue weighted by atomic mass is 16.3. The molecule has 0 N–H and O–H groups in total. The summed E-state index contributed by atoms with van der Waals surface area (Å²) in [5, 5.41) is 31.4. The Bertz CT molecular complexity index is 7510. The lowest BCUT2D eigenvalue weighted by Crippen LogP contribution is -2.11. The first-order chi connectivity index (χ1) is 53.5. The van der Waals surface area contributed by atoms with Crippen LogP contribution in [0.15, 0.2) is 397 Å². The van der Waals surface area contributed by atoms with Gasteiger partial charge in [0.25, 0.3) is 0 Å². The summed E-state index contributed by atoms with van der Waals surface area (Å²) in [4.78, 5) is 4.91. The number of hydrogen-bond acceptors (Lipinski definition) is 4. The van der Waals surface area contributed by atoms with Gasteiger partial charge in [-0.25, -0.2) is 0 Å². The van der Waals surface area contributed by atoms with E-state index in [-0.39, 0.29) is 0 Å². The average molecular weight is 1370 g/mol. The molecule has 23 rings (SSSR count). The summed E-state index contributed by atoms with van der Waals surface area (Å²) in [5.74, 6) is 0. The SMILES string of the molecule is c1ccc2c(N(c3ccc(-c4ccc5c(ccc6ccc7c8ccccc8oc7c65)c4)cc3)c3cc4ccccc4c4ccccc34)cccc2c1.c1ccc2c(c1)cc(N(c1ccc(-c3ccc4c(ccc5ccc6c7ccccc7oc6c54)c3)cc1)c1cc3ccccc3c3ccccc13)c1ccccc12. The highest BCUT2D eigenvalue weighted by molar-refractivity contribution is 6.26. The van der Waals surface area contributed by atoms with E-state index in [2.05, 4.69) is 386 Å². The first kappa shape index (κ1) is 61.2. The smallest absolute Gasteiger partial charge is 0.143 e. The van der Waals surface area contributed by atoms with Gasteiger partial charge < -0.3 is 18.6 Å². The molecule has 0 aliphatic rings. The summed E-state index contributed by atoms with van der Waals surface area (Å²) in [7, 11) is 0. The van der Waals surface area contributed by atoms with Crippen LogP contribution in [-0.2, 0) is 0 Å². The first-order valence-electron chi connectivity index (χ1n) is 37.1. The summed E-state index contributed by atoms with van der Waals surface area (Å²) in [6.07, 6.45) is 0. The van der Waals surface area contributed by atoms with Crippen molar-refractivity contribution in [2.45, 2.75) is 0 Å². The maximum atomic E-state index is 6.49. The zero-order chi connectivity index (χ0) is 70.9. The molecular weight excluding hydrogens is 1310 g/mol. The minimum atomic E-state index is 0.922. The van der Waals surface area contributed by atoms with Crippen molar-refractivity contribution < 1.29 is 8.83 Å². The third kappa shape index (κ3) is 9.85. The summed E-state index contributed by atoms with van der Waals surface area (Å²) >= 11 is 0. The van der Waals surface area contributed by atoms with Gasteiger partial charge in [0.2, 0.25) is 0 Å². The molecule has 2 heterocycles. The molecule has 4 heteroatoms. The number of para-hydroxylation sites is 2. The maximum absolute atomic E-state index is 6.49. The Morgan fingerprint density at radius 3 is 0.880 bits per heavy atom. The second-order valence-corrected chi connectivity index (χ2v) is 28.5. The zero-order valence-corrected chi connectivity index (χ0v) is 58.7. The minimum absolute atomic E-state index is 0.922. The molecule has 0 aliphatic heterocycles. The Labute approximate surface area is 621 Å². The molecule has 0 saturated carbocycles. The molecule has 0 bridgehead atoms. The van der Waals surface area contributed by atoms with E-state index in [4.69, 9.17) is 8.83 Å². The number of benzene rings is 21. The molecule has 0 unspecified atom stereocenters. The fourth-order valence-corrected chi connectivity index (χ4v) is 17.5. The molecule has 2 aromatic heterocycles. The number of hydrogen-bond donors (Lipinski definition) is 0. The minimum Gasteiger partial charge on any atom is -0.455 e. The van der Waals surface area contributed by atoms with Gasteiger partial charge in [-0.2, -0.15) is 0 Å². The summed E-state index contributed by atoms with van der Waals surface area (Å²) < 4.78 is 13.0. The van der Waals surface area contributed by atoms with Crippen LogP contribution in [0.1, 0.15) is 0 Å². The van der Waals surface area contributed by atoms with Gasteiger partial charge in [-0.15, -0.1) is 0 Å². The third-order valence-corrected chi connectivity index (χ3v) is 22.6. The first-order valence-corrected chi connectivity index (χ1v) is 37.1. The molecule has 0 atom stereocenters. The maximum Gasteiger partial charge on any atom is 0.143 e. The van der Waals surface area contributed by atoms with Crippen LogP contribution >= 0.6 is 0 Å². The van der Waals surface area contributed by atoms with E-state index < -0.39 is 0 Å². The largest absolute Gasteiger partial charge is 0.455 e. The molecule has 23 aromatic rings. The van der Waals surface area contributed by atoms with Crippen LogP contribution in [0.5, 0.6) is 0 Å². The molecule has 0 radical (unpaired) electrons.